The third-order valence-electron chi connectivity index (χ3n) is 3.06. The van der Waals surface area contributed by atoms with Crippen LogP contribution >= 0.6 is 0 Å². The van der Waals surface area contributed by atoms with E-state index in [9.17, 15) is 52.8 Å². The molecular formula is C11H9F6O8S2-. The second-order valence-corrected chi connectivity index (χ2v) is 8.08. The van der Waals surface area contributed by atoms with Crippen LogP contribution in [-0.4, -0.2) is 55.3 Å². The minimum atomic E-state index is -6.42. The zero-order valence-corrected chi connectivity index (χ0v) is 14.2. The van der Waals surface area contributed by atoms with Gasteiger partial charge in [-0.1, -0.05) is 0 Å². The SMILES string of the molecule is O=S(=O)(CC(O)(C(F)(F)F)C(F)(F)F)OCc1cc(S(=O)(=O)[O-])ccc1O. The van der Waals surface area contributed by atoms with Gasteiger partial charge in [0.1, 0.15) is 21.6 Å². The maximum Gasteiger partial charge on any atom is 0.427 e. The Morgan fingerprint density at radius 3 is 1.89 bits per heavy atom. The number of benzene rings is 1. The van der Waals surface area contributed by atoms with Crippen LogP contribution in [0, 0.1) is 0 Å². The number of phenolic OH excluding ortho intramolecular Hbond substituents is 1. The fraction of sp³-hybridized carbons (Fsp3) is 0.455. The van der Waals surface area contributed by atoms with Crippen LogP contribution in [0.25, 0.3) is 0 Å². The first-order valence-electron chi connectivity index (χ1n) is 6.31. The van der Waals surface area contributed by atoms with Gasteiger partial charge in [-0.15, -0.1) is 0 Å². The average molecular weight is 447 g/mol. The Hall–Kier alpha value is -1.62. The number of rotatable bonds is 6. The molecule has 8 nitrogen and oxygen atoms in total. The summed E-state index contributed by atoms with van der Waals surface area (Å²) in [7, 11) is -10.8. The van der Waals surface area contributed by atoms with Gasteiger partial charge in [0.2, 0.25) is 0 Å². The predicted octanol–water partition coefficient (Wildman–Crippen LogP) is 0.998. The molecule has 0 atom stereocenters. The summed E-state index contributed by atoms with van der Waals surface area (Å²) in [6.07, 6.45) is -12.8. The van der Waals surface area contributed by atoms with Crippen LogP contribution in [0.3, 0.4) is 0 Å². The first kappa shape index (κ1) is 23.4. The lowest BCUT2D eigenvalue weighted by Crippen LogP contribution is -2.61. The van der Waals surface area contributed by atoms with E-state index in [0.29, 0.717) is 18.2 Å². The lowest BCUT2D eigenvalue weighted by Gasteiger charge is -2.31. The summed E-state index contributed by atoms with van der Waals surface area (Å²) >= 11 is 0. The van der Waals surface area contributed by atoms with Gasteiger partial charge in [0.15, 0.2) is 0 Å². The number of halogens is 6. The first-order valence-corrected chi connectivity index (χ1v) is 9.29. The van der Waals surface area contributed by atoms with Gasteiger partial charge in [0.25, 0.3) is 15.7 Å². The standard InChI is InChI=1S/C11H10F6O8S2/c12-10(13,14)9(19,11(15,16)17)5-26(20,21)25-4-6-3-7(27(22,23)24)1-2-8(6)18/h1-3,18-19H,4-5H2,(H,22,23,24)/p-1. The van der Waals surface area contributed by atoms with Gasteiger partial charge in [-0.25, -0.2) is 8.42 Å². The van der Waals surface area contributed by atoms with Crippen LogP contribution in [0.4, 0.5) is 26.3 Å². The highest BCUT2D eigenvalue weighted by Crippen LogP contribution is 2.44. The third-order valence-corrected chi connectivity index (χ3v) is 5.14. The number of aliphatic hydroxyl groups is 1. The summed E-state index contributed by atoms with van der Waals surface area (Å²) in [4.78, 5) is -0.974. The van der Waals surface area contributed by atoms with E-state index in [1.54, 1.807) is 0 Å². The molecule has 0 saturated carbocycles. The molecule has 0 aliphatic rings. The summed E-state index contributed by atoms with van der Waals surface area (Å²) in [5.41, 5.74) is -6.38. The molecule has 0 unspecified atom stereocenters. The van der Waals surface area contributed by atoms with Gasteiger partial charge in [-0.3, -0.25) is 4.18 Å². The zero-order chi connectivity index (χ0) is 21.5. The minimum Gasteiger partial charge on any atom is -0.744 e. The van der Waals surface area contributed by atoms with E-state index in [2.05, 4.69) is 4.18 Å². The van der Waals surface area contributed by atoms with Crippen LogP contribution in [-0.2, 0) is 31.0 Å². The van der Waals surface area contributed by atoms with Crippen molar-refractivity contribution in [3.05, 3.63) is 23.8 Å². The minimum absolute atomic E-state index is 0.410. The molecule has 1 aromatic carbocycles. The highest BCUT2D eigenvalue weighted by molar-refractivity contribution is 7.86. The number of hydrogen-bond acceptors (Lipinski definition) is 8. The van der Waals surface area contributed by atoms with Crippen LogP contribution in [0.15, 0.2) is 23.1 Å². The van der Waals surface area contributed by atoms with Crippen molar-refractivity contribution in [2.45, 2.75) is 29.5 Å². The first-order chi connectivity index (χ1) is 11.8. The van der Waals surface area contributed by atoms with Gasteiger partial charge in [-0.05, 0) is 18.2 Å². The van der Waals surface area contributed by atoms with Gasteiger partial charge in [0, 0.05) is 5.56 Å². The molecule has 0 heterocycles. The van der Waals surface area contributed by atoms with Crippen molar-refractivity contribution >= 4 is 20.2 Å². The Morgan fingerprint density at radius 2 is 1.48 bits per heavy atom. The molecule has 1 rings (SSSR count). The lowest BCUT2D eigenvalue weighted by molar-refractivity contribution is -0.359. The fourth-order valence-electron chi connectivity index (χ4n) is 1.61. The molecule has 0 aromatic heterocycles. The molecule has 0 aliphatic heterocycles. The van der Waals surface area contributed by atoms with Gasteiger partial charge < -0.3 is 14.8 Å². The Bertz CT molecular complexity index is 890. The molecule has 2 N–H and O–H groups in total. The maximum absolute atomic E-state index is 12.5. The Balaban J connectivity index is 3.13. The highest BCUT2D eigenvalue weighted by atomic mass is 32.2. The second kappa shape index (κ2) is 7.08. The Morgan fingerprint density at radius 1 is 1.00 bits per heavy atom. The molecule has 27 heavy (non-hydrogen) atoms. The van der Waals surface area contributed by atoms with E-state index in [-0.39, 0.29) is 0 Å². The van der Waals surface area contributed by atoms with Crippen molar-refractivity contribution in [3.8, 4) is 5.75 Å². The second-order valence-electron chi connectivity index (χ2n) is 5.06. The van der Waals surface area contributed by atoms with Crippen molar-refractivity contribution < 1.29 is 62.1 Å². The van der Waals surface area contributed by atoms with E-state index in [1.165, 1.54) is 0 Å². The van der Waals surface area contributed by atoms with Crippen LogP contribution in [0.1, 0.15) is 5.56 Å². The molecule has 1 aromatic rings. The summed E-state index contributed by atoms with van der Waals surface area (Å²) in [5, 5.41) is 18.3. The van der Waals surface area contributed by atoms with E-state index in [1.807, 2.05) is 0 Å². The summed E-state index contributed by atoms with van der Waals surface area (Å²) in [5.74, 6) is -3.81. The zero-order valence-electron chi connectivity index (χ0n) is 12.6. The third kappa shape index (κ3) is 5.44. The number of aromatic hydroxyl groups is 1. The van der Waals surface area contributed by atoms with Crippen LogP contribution in [0.2, 0.25) is 0 Å². The largest absolute Gasteiger partial charge is 0.744 e. The Kier molecular flexibility index (Phi) is 6.14. The smallest absolute Gasteiger partial charge is 0.427 e. The van der Waals surface area contributed by atoms with Crippen LogP contribution in [0.5, 0.6) is 5.75 Å². The summed E-state index contributed by atoms with van der Waals surface area (Å²) < 4.78 is 134. The normalized spacial score (nSPS) is 14.4. The molecule has 0 saturated heterocycles. The van der Waals surface area contributed by atoms with Gasteiger partial charge >= 0.3 is 12.4 Å². The molecule has 0 amide bonds. The number of alkyl halides is 6. The van der Waals surface area contributed by atoms with Crippen molar-refractivity contribution in [3.63, 3.8) is 0 Å². The molecule has 0 aliphatic carbocycles. The van der Waals surface area contributed by atoms with Gasteiger partial charge in [-0.2, -0.15) is 34.8 Å². The summed E-state index contributed by atoms with van der Waals surface area (Å²) in [6, 6.07) is 1.63. The Labute approximate surface area is 147 Å². The summed E-state index contributed by atoms with van der Waals surface area (Å²) in [6.45, 7) is -1.41. The number of hydrogen-bond donors (Lipinski definition) is 2. The molecule has 0 radical (unpaired) electrons. The molecule has 16 heteroatoms. The van der Waals surface area contributed by atoms with Gasteiger partial charge in [0.05, 0.1) is 11.5 Å². The van der Waals surface area contributed by atoms with E-state index < -0.39 is 66.8 Å². The molecule has 0 bridgehead atoms. The van der Waals surface area contributed by atoms with Crippen molar-refractivity contribution in [1.82, 2.24) is 0 Å². The predicted molar refractivity (Wildman–Crippen MR) is 71.7 cm³/mol. The van der Waals surface area contributed by atoms with Crippen molar-refractivity contribution in [1.29, 1.82) is 0 Å². The monoisotopic (exact) mass is 447 g/mol. The number of phenols is 1. The molecular weight excluding hydrogens is 438 g/mol. The van der Waals surface area contributed by atoms with Crippen molar-refractivity contribution in [2.75, 3.05) is 5.75 Å². The van der Waals surface area contributed by atoms with Crippen LogP contribution < -0.4 is 0 Å². The van der Waals surface area contributed by atoms with E-state index >= 15 is 0 Å². The maximum atomic E-state index is 12.5. The lowest BCUT2D eigenvalue weighted by atomic mass is 10.1. The van der Waals surface area contributed by atoms with E-state index in [4.69, 9.17) is 5.11 Å². The van der Waals surface area contributed by atoms with E-state index in [0.717, 1.165) is 0 Å². The fourth-order valence-corrected chi connectivity index (χ4v) is 3.36. The quantitative estimate of drug-likeness (QED) is 0.374. The highest BCUT2D eigenvalue weighted by Gasteiger charge is 2.72. The molecule has 156 valence electrons. The molecule has 0 fully saturated rings. The average Bonchev–Trinajstić information content (AvgIpc) is 2.42. The topological polar surface area (TPSA) is 141 Å². The van der Waals surface area contributed by atoms with Crippen molar-refractivity contribution in [2.24, 2.45) is 0 Å². The molecule has 0 spiro atoms.